The largest absolute Gasteiger partial charge is 0.573 e. The van der Waals surface area contributed by atoms with Gasteiger partial charge in [-0.1, -0.05) is 11.6 Å². The third kappa shape index (κ3) is 4.70. The third-order valence-electron chi connectivity index (χ3n) is 1.55. The number of rotatable bonds is 3. The Morgan fingerprint density at radius 1 is 1.41 bits per heavy atom. The number of hydrogen-bond acceptors (Lipinski definition) is 2. The van der Waals surface area contributed by atoms with Gasteiger partial charge in [0.05, 0.1) is 16.6 Å². The Morgan fingerprint density at radius 2 is 2.06 bits per heavy atom. The first-order valence-electron chi connectivity index (χ1n) is 4.26. The van der Waals surface area contributed by atoms with E-state index < -0.39 is 12.1 Å². The van der Waals surface area contributed by atoms with Gasteiger partial charge in [-0.3, -0.25) is 0 Å². The molecule has 3 nitrogen and oxygen atoms in total. The van der Waals surface area contributed by atoms with E-state index in [-0.39, 0.29) is 16.7 Å². The highest BCUT2D eigenvalue weighted by Crippen LogP contribution is 2.32. The molecule has 0 aromatic heterocycles. The van der Waals surface area contributed by atoms with Crippen LogP contribution in [0.1, 0.15) is 0 Å². The molecular weight excluding hydrogens is 280 g/mol. The zero-order valence-electron chi connectivity index (χ0n) is 8.26. The van der Waals surface area contributed by atoms with E-state index in [2.05, 4.69) is 9.73 Å². The van der Waals surface area contributed by atoms with E-state index in [1.807, 2.05) is 0 Å². The van der Waals surface area contributed by atoms with Crippen LogP contribution in [-0.4, -0.2) is 18.1 Å². The van der Waals surface area contributed by atoms with Gasteiger partial charge in [0.25, 0.3) is 0 Å². The van der Waals surface area contributed by atoms with Crippen LogP contribution in [0.25, 0.3) is 0 Å². The lowest BCUT2D eigenvalue weighted by Crippen LogP contribution is -2.17. The first kappa shape index (κ1) is 13.9. The van der Waals surface area contributed by atoms with Crippen molar-refractivity contribution >= 4 is 34.7 Å². The van der Waals surface area contributed by atoms with Gasteiger partial charge >= 0.3 is 6.36 Å². The second-order valence-corrected chi connectivity index (χ2v) is 3.57. The average Bonchev–Trinajstić information content (AvgIpc) is 2.20. The minimum atomic E-state index is -4.79. The molecule has 0 aliphatic carbocycles. The molecule has 0 saturated carbocycles. The summed E-state index contributed by atoms with van der Waals surface area (Å²) in [7, 11) is 0. The predicted molar refractivity (Wildman–Crippen MR) is 60.1 cm³/mol. The molecule has 0 atom stereocenters. The topological polar surface area (TPSA) is 47.6 Å². The Hall–Kier alpha value is -1.14. The molecule has 0 spiro atoms. The fourth-order valence-corrected chi connectivity index (χ4v) is 1.24. The SMILES string of the molecule is NC(CCl)=Nc1ccc(OC(F)(F)F)c(Cl)c1. The van der Waals surface area contributed by atoms with Crippen LogP contribution in [0, 0.1) is 0 Å². The summed E-state index contributed by atoms with van der Waals surface area (Å²) in [5, 5.41) is -0.217. The quantitative estimate of drug-likeness (QED) is 0.525. The minimum Gasteiger partial charge on any atom is -0.404 e. The highest BCUT2D eigenvalue weighted by atomic mass is 35.5. The summed E-state index contributed by atoms with van der Waals surface area (Å²) < 4.78 is 39.5. The maximum absolute atomic E-state index is 11.9. The molecule has 0 heterocycles. The Bertz CT molecular complexity index is 435. The first-order chi connectivity index (χ1) is 7.81. The lowest BCUT2D eigenvalue weighted by Gasteiger charge is -2.10. The summed E-state index contributed by atoms with van der Waals surface area (Å²) in [6.45, 7) is 0. The summed E-state index contributed by atoms with van der Waals surface area (Å²) in [6, 6.07) is 3.53. The number of ether oxygens (including phenoxy) is 1. The van der Waals surface area contributed by atoms with Crippen molar-refractivity contribution in [2.24, 2.45) is 10.7 Å². The molecule has 2 N–H and O–H groups in total. The van der Waals surface area contributed by atoms with E-state index in [4.69, 9.17) is 28.9 Å². The Kier molecular flexibility index (Phi) is 4.47. The smallest absolute Gasteiger partial charge is 0.404 e. The Labute approximate surface area is 105 Å². The van der Waals surface area contributed by atoms with Crippen LogP contribution < -0.4 is 10.5 Å². The summed E-state index contributed by atoms with van der Waals surface area (Å²) >= 11 is 11.0. The van der Waals surface area contributed by atoms with E-state index in [1.54, 1.807) is 0 Å². The van der Waals surface area contributed by atoms with Crippen LogP contribution in [0.4, 0.5) is 18.9 Å². The van der Waals surface area contributed by atoms with Crippen LogP contribution in [0.5, 0.6) is 5.75 Å². The summed E-state index contributed by atoms with van der Waals surface area (Å²) in [4.78, 5) is 3.82. The number of alkyl halides is 4. The lowest BCUT2D eigenvalue weighted by atomic mass is 10.3. The standard InChI is InChI=1S/C9H7Cl2F3N2O/c10-4-8(15)16-5-1-2-7(6(11)3-5)17-9(12,13)14/h1-3H,4H2,(H2,15,16). The second-order valence-electron chi connectivity index (χ2n) is 2.90. The predicted octanol–water partition coefficient (Wildman–Crippen LogP) is 3.47. The van der Waals surface area contributed by atoms with E-state index in [1.165, 1.54) is 12.1 Å². The number of nitrogens with zero attached hydrogens (tertiary/aromatic N) is 1. The van der Waals surface area contributed by atoms with Gasteiger partial charge in [0.2, 0.25) is 0 Å². The highest BCUT2D eigenvalue weighted by Gasteiger charge is 2.31. The van der Waals surface area contributed by atoms with Crippen molar-refractivity contribution in [2.45, 2.75) is 6.36 Å². The van der Waals surface area contributed by atoms with Crippen molar-refractivity contribution in [3.63, 3.8) is 0 Å². The summed E-state index contributed by atoms with van der Waals surface area (Å²) in [5.41, 5.74) is 5.65. The van der Waals surface area contributed by atoms with Gasteiger partial charge in [-0.15, -0.1) is 24.8 Å². The first-order valence-corrected chi connectivity index (χ1v) is 5.17. The van der Waals surface area contributed by atoms with E-state index in [9.17, 15) is 13.2 Å². The molecule has 1 aromatic carbocycles. The van der Waals surface area contributed by atoms with Crippen molar-refractivity contribution in [2.75, 3.05) is 5.88 Å². The van der Waals surface area contributed by atoms with E-state index >= 15 is 0 Å². The molecule has 0 aliphatic rings. The van der Waals surface area contributed by atoms with Crippen molar-refractivity contribution in [1.29, 1.82) is 0 Å². The van der Waals surface area contributed by atoms with Crippen LogP contribution in [0.3, 0.4) is 0 Å². The van der Waals surface area contributed by atoms with Crippen molar-refractivity contribution in [3.05, 3.63) is 23.2 Å². The molecule has 0 fully saturated rings. The molecular formula is C9H7Cl2F3N2O. The third-order valence-corrected chi connectivity index (χ3v) is 2.12. The van der Waals surface area contributed by atoms with Gasteiger partial charge in [0.1, 0.15) is 11.6 Å². The number of aliphatic imine (C=N–C) groups is 1. The number of nitrogens with two attached hydrogens (primary N) is 1. The van der Waals surface area contributed by atoms with Gasteiger partial charge < -0.3 is 10.5 Å². The van der Waals surface area contributed by atoms with Crippen LogP contribution in [0.2, 0.25) is 5.02 Å². The molecule has 0 amide bonds. The average molecular weight is 287 g/mol. The number of hydrogen-bond donors (Lipinski definition) is 1. The Morgan fingerprint density at radius 3 is 2.53 bits per heavy atom. The van der Waals surface area contributed by atoms with Crippen LogP contribution in [0.15, 0.2) is 23.2 Å². The zero-order chi connectivity index (χ0) is 13.1. The molecule has 0 aliphatic heterocycles. The molecule has 8 heteroatoms. The van der Waals surface area contributed by atoms with Gasteiger partial charge in [-0.2, -0.15) is 0 Å². The molecule has 0 unspecified atom stereocenters. The van der Waals surface area contributed by atoms with E-state index in [0.29, 0.717) is 5.69 Å². The van der Waals surface area contributed by atoms with Crippen LogP contribution in [-0.2, 0) is 0 Å². The molecule has 0 saturated heterocycles. The minimum absolute atomic E-state index is 0.0123. The number of amidine groups is 1. The maximum Gasteiger partial charge on any atom is 0.573 e. The van der Waals surface area contributed by atoms with E-state index in [0.717, 1.165) is 6.07 Å². The molecule has 1 aromatic rings. The fraction of sp³-hybridized carbons (Fsp3) is 0.222. The molecule has 17 heavy (non-hydrogen) atoms. The highest BCUT2D eigenvalue weighted by molar-refractivity contribution is 6.32. The maximum atomic E-state index is 11.9. The summed E-state index contributed by atoms with van der Waals surface area (Å²) in [5.74, 6) is -0.354. The van der Waals surface area contributed by atoms with Gasteiger partial charge in [0.15, 0.2) is 0 Å². The van der Waals surface area contributed by atoms with Crippen molar-refractivity contribution < 1.29 is 17.9 Å². The number of halogens is 5. The molecule has 0 bridgehead atoms. The van der Waals surface area contributed by atoms with Gasteiger partial charge in [-0.25, -0.2) is 4.99 Å². The summed E-state index contributed by atoms with van der Waals surface area (Å²) in [6.07, 6.45) is -4.79. The van der Waals surface area contributed by atoms with Crippen molar-refractivity contribution in [3.8, 4) is 5.75 Å². The molecule has 1 rings (SSSR count). The molecule has 0 radical (unpaired) electrons. The zero-order valence-corrected chi connectivity index (χ0v) is 9.77. The monoisotopic (exact) mass is 286 g/mol. The number of benzene rings is 1. The Balaban J connectivity index is 2.94. The lowest BCUT2D eigenvalue weighted by molar-refractivity contribution is -0.274. The molecule has 94 valence electrons. The van der Waals surface area contributed by atoms with Crippen molar-refractivity contribution in [1.82, 2.24) is 0 Å². The van der Waals surface area contributed by atoms with Crippen LogP contribution >= 0.6 is 23.2 Å². The fourth-order valence-electron chi connectivity index (χ4n) is 0.962. The second kappa shape index (κ2) is 5.46. The normalized spacial score (nSPS) is 12.6. The van der Waals surface area contributed by atoms with Gasteiger partial charge in [-0.05, 0) is 18.2 Å². The van der Waals surface area contributed by atoms with Gasteiger partial charge in [0, 0.05) is 0 Å².